The molecular formula is C14H19ClF2N2O2. The van der Waals surface area contributed by atoms with Crippen molar-refractivity contribution in [3.8, 4) is 5.75 Å². The van der Waals surface area contributed by atoms with Crippen LogP contribution in [-0.2, 0) is 4.79 Å². The molecule has 1 atom stereocenters. The number of halogens is 3. The Bertz CT molecular complexity index is 454. The number of ether oxygens (including phenoxy) is 1. The normalized spacial score (nSPS) is 17.4. The summed E-state index contributed by atoms with van der Waals surface area (Å²) in [5, 5.41) is 5.95. The van der Waals surface area contributed by atoms with Crippen LogP contribution >= 0.6 is 12.4 Å². The van der Waals surface area contributed by atoms with E-state index in [-0.39, 0.29) is 30.1 Å². The Morgan fingerprint density at radius 3 is 2.86 bits per heavy atom. The van der Waals surface area contributed by atoms with Gasteiger partial charge in [0, 0.05) is 12.5 Å². The Balaban J connectivity index is 0.00000220. The molecule has 7 heteroatoms. The lowest BCUT2D eigenvalue weighted by Crippen LogP contribution is -2.27. The predicted molar refractivity (Wildman–Crippen MR) is 79.5 cm³/mol. The SMILES string of the molecule is Cl.O=C(CC1CCCN1)Nc1ccccc1OCC(F)F. The largest absolute Gasteiger partial charge is 0.485 e. The van der Waals surface area contributed by atoms with E-state index in [0.29, 0.717) is 12.1 Å². The summed E-state index contributed by atoms with van der Waals surface area (Å²) in [6, 6.07) is 6.80. The van der Waals surface area contributed by atoms with Crippen molar-refractivity contribution >= 4 is 24.0 Å². The van der Waals surface area contributed by atoms with Gasteiger partial charge in [-0.05, 0) is 31.5 Å². The van der Waals surface area contributed by atoms with Crippen molar-refractivity contribution in [1.82, 2.24) is 5.32 Å². The Kier molecular flexibility index (Phi) is 7.39. The van der Waals surface area contributed by atoms with Crippen LogP contribution in [0, 0.1) is 0 Å². The molecule has 1 aliphatic heterocycles. The van der Waals surface area contributed by atoms with E-state index in [1.165, 1.54) is 0 Å². The highest BCUT2D eigenvalue weighted by Gasteiger charge is 2.18. The van der Waals surface area contributed by atoms with Crippen LogP contribution in [0.2, 0.25) is 0 Å². The van der Waals surface area contributed by atoms with Gasteiger partial charge in [-0.2, -0.15) is 0 Å². The molecule has 0 spiro atoms. The molecule has 2 N–H and O–H groups in total. The van der Waals surface area contributed by atoms with Crippen LogP contribution in [0.3, 0.4) is 0 Å². The lowest BCUT2D eigenvalue weighted by Gasteiger charge is -2.14. The first-order valence-corrected chi connectivity index (χ1v) is 6.68. The van der Waals surface area contributed by atoms with Gasteiger partial charge in [-0.15, -0.1) is 12.4 Å². The van der Waals surface area contributed by atoms with Crippen molar-refractivity contribution in [2.75, 3.05) is 18.5 Å². The Labute approximate surface area is 128 Å². The van der Waals surface area contributed by atoms with Gasteiger partial charge in [-0.25, -0.2) is 8.78 Å². The van der Waals surface area contributed by atoms with E-state index in [4.69, 9.17) is 4.74 Å². The number of hydrogen-bond donors (Lipinski definition) is 2. The van der Waals surface area contributed by atoms with Crippen molar-refractivity contribution in [2.24, 2.45) is 0 Å². The molecule has 1 aromatic carbocycles. The zero-order chi connectivity index (χ0) is 14.4. The van der Waals surface area contributed by atoms with Crippen LogP contribution in [-0.4, -0.2) is 31.5 Å². The first kappa shape index (κ1) is 17.7. The molecule has 21 heavy (non-hydrogen) atoms. The van der Waals surface area contributed by atoms with Crippen LogP contribution in [0.5, 0.6) is 5.75 Å². The minimum Gasteiger partial charge on any atom is -0.485 e. The summed E-state index contributed by atoms with van der Waals surface area (Å²) in [5.74, 6) is 0.123. The summed E-state index contributed by atoms with van der Waals surface area (Å²) in [7, 11) is 0. The molecule has 2 rings (SSSR count). The number of rotatable bonds is 6. The van der Waals surface area contributed by atoms with E-state index in [9.17, 15) is 13.6 Å². The number of carbonyl (C=O) groups excluding carboxylic acids is 1. The molecule has 1 unspecified atom stereocenters. The van der Waals surface area contributed by atoms with Gasteiger partial charge in [-0.3, -0.25) is 4.79 Å². The van der Waals surface area contributed by atoms with E-state index in [2.05, 4.69) is 10.6 Å². The molecule has 1 saturated heterocycles. The van der Waals surface area contributed by atoms with Crippen molar-refractivity contribution in [2.45, 2.75) is 31.7 Å². The lowest BCUT2D eigenvalue weighted by molar-refractivity contribution is -0.116. The summed E-state index contributed by atoms with van der Waals surface area (Å²) in [5.41, 5.74) is 0.427. The molecule has 0 aromatic heterocycles. The fourth-order valence-corrected chi connectivity index (χ4v) is 2.20. The molecule has 1 fully saturated rings. The summed E-state index contributed by atoms with van der Waals surface area (Å²) >= 11 is 0. The highest BCUT2D eigenvalue weighted by atomic mass is 35.5. The third kappa shape index (κ3) is 5.85. The van der Waals surface area contributed by atoms with Crippen LogP contribution in [0.25, 0.3) is 0 Å². The van der Waals surface area contributed by atoms with E-state index in [1.54, 1.807) is 24.3 Å². The van der Waals surface area contributed by atoms with E-state index < -0.39 is 13.0 Å². The van der Waals surface area contributed by atoms with Crippen molar-refractivity contribution in [3.05, 3.63) is 24.3 Å². The predicted octanol–water partition coefficient (Wildman–Crippen LogP) is 2.83. The average Bonchev–Trinajstić information content (AvgIpc) is 2.90. The van der Waals surface area contributed by atoms with Gasteiger partial charge in [0.25, 0.3) is 6.43 Å². The fourth-order valence-electron chi connectivity index (χ4n) is 2.20. The van der Waals surface area contributed by atoms with Crippen molar-refractivity contribution in [1.29, 1.82) is 0 Å². The van der Waals surface area contributed by atoms with Crippen LogP contribution in [0.1, 0.15) is 19.3 Å². The number of hydrogen-bond acceptors (Lipinski definition) is 3. The summed E-state index contributed by atoms with van der Waals surface area (Å²) in [6.07, 6.45) is -0.104. The second-order valence-corrected chi connectivity index (χ2v) is 4.74. The topological polar surface area (TPSA) is 50.4 Å². The number of carbonyl (C=O) groups is 1. The molecule has 118 valence electrons. The van der Waals surface area contributed by atoms with Crippen molar-refractivity contribution in [3.63, 3.8) is 0 Å². The van der Waals surface area contributed by atoms with Gasteiger partial charge in [0.2, 0.25) is 5.91 Å². The third-order valence-corrected chi connectivity index (χ3v) is 3.12. The molecule has 0 radical (unpaired) electrons. The Hall–Kier alpha value is -1.40. The molecule has 1 aliphatic rings. The second-order valence-electron chi connectivity index (χ2n) is 4.74. The number of nitrogens with one attached hydrogen (secondary N) is 2. The number of para-hydroxylation sites is 2. The molecule has 1 aromatic rings. The minimum absolute atomic E-state index is 0. The highest BCUT2D eigenvalue weighted by Crippen LogP contribution is 2.24. The zero-order valence-corrected chi connectivity index (χ0v) is 12.3. The summed E-state index contributed by atoms with van der Waals surface area (Å²) < 4.78 is 29.3. The molecular weight excluding hydrogens is 302 g/mol. The smallest absolute Gasteiger partial charge is 0.272 e. The van der Waals surface area contributed by atoms with Crippen LogP contribution < -0.4 is 15.4 Å². The fraction of sp³-hybridized carbons (Fsp3) is 0.500. The first-order valence-electron chi connectivity index (χ1n) is 6.68. The Morgan fingerprint density at radius 1 is 1.43 bits per heavy atom. The number of amides is 1. The maximum atomic E-state index is 12.2. The van der Waals surface area contributed by atoms with Crippen LogP contribution in [0.4, 0.5) is 14.5 Å². The average molecular weight is 321 g/mol. The molecule has 0 bridgehead atoms. The number of benzene rings is 1. The maximum absolute atomic E-state index is 12.2. The first-order chi connectivity index (χ1) is 9.65. The van der Waals surface area contributed by atoms with Gasteiger partial charge in [-0.1, -0.05) is 12.1 Å². The molecule has 4 nitrogen and oxygen atoms in total. The zero-order valence-electron chi connectivity index (χ0n) is 11.5. The summed E-state index contributed by atoms with van der Waals surface area (Å²) in [6.45, 7) is 0.253. The third-order valence-electron chi connectivity index (χ3n) is 3.12. The second kappa shape index (κ2) is 8.79. The quantitative estimate of drug-likeness (QED) is 0.847. The Morgan fingerprint density at radius 2 is 2.19 bits per heavy atom. The molecule has 1 heterocycles. The van der Waals surface area contributed by atoms with Gasteiger partial charge in [0.1, 0.15) is 12.4 Å². The minimum atomic E-state index is -2.54. The van der Waals surface area contributed by atoms with Crippen molar-refractivity contribution < 1.29 is 18.3 Å². The standard InChI is InChI=1S/C14H18F2N2O2.ClH/c15-13(16)9-20-12-6-2-1-5-11(12)18-14(19)8-10-4-3-7-17-10;/h1-2,5-6,10,13,17H,3-4,7-9H2,(H,18,19);1H. The lowest BCUT2D eigenvalue weighted by atomic mass is 10.1. The highest BCUT2D eigenvalue weighted by molar-refractivity contribution is 5.92. The van der Waals surface area contributed by atoms with Crippen LogP contribution in [0.15, 0.2) is 24.3 Å². The number of anilines is 1. The van der Waals surface area contributed by atoms with E-state index in [1.807, 2.05) is 0 Å². The van der Waals surface area contributed by atoms with Gasteiger partial charge in [0.05, 0.1) is 5.69 Å². The molecule has 0 saturated carbocycles. The van der Waals surface area contributed by atoms with Gasteiger partial charge in [0.15, 0.2) is 0 Å². The maximum Gasteiger partial charge on any atom is 0.272 e. The summed E-state index contributed by atoms with van der Waals surface area (Å²) in [4.78, 5) is 11.9. The monoisotopic (exact) mass is 320 g/mol. The van der Waals surface area contributed by atoms with Gasteiger partial charge < -0.3 is 15.4 Å². The van der Waals surface area contributed by atoms with Gasteiger partial charge >= 0.3 is 0 Å². The molecule has 1 amide bonds. The number of alkyl halides is 2. The van der Waals surface area contributed by atoms with E-state index in [0.717, 1.165) is 19.4 Å². The van der Waals surface area contributed by atoms with E-state index >= 15 is 0 Å². The molecule has 0 aliphatic carbocycles.